The van der Waals surface area contributed by atoms with Gasteiger partial charge in [0.1, 0.15) is 0 Å². The highest BCUT2D eigenvalue weighted by Crippen LogP contribution is 2.19. The van der Waals surface area contributed by atoms with Crippen LogP contribution in [0, 0.1) is 0 Å². The summed E-state index contributed by atoms with van der Waals surface area (Å²) < 4.78 is 0. The van der Waals surface area contributed by atoms with Gasteiger partial charge in [-0.15, -0.1) is 6.58 Å². The molecule has 0 saturated carbocycles. The fraction of sp³-hybridized carbons (Fsp3) is 0.176. The summed E-state index contributed by atoms with van der Waals surface area (Å²) in [4.78, 5) is 0. The van der Waals surface area contributed by atoms with Crippen molar-refractivity contribution in [3.63, 3.8) is 0 Å². The molecule has 18 heavy (non-hydrogen) atoms. The highest BCUT2D eigenvalue weighted by atomic mass is 14.9. The van der Waals surface area contributed by atoms with Crippen molar-refractivity contribution in [2.45, 2.75) is 19.4 Å². The van der Waals surface area contributed by atoms with E-state index in [1.54, 1.807) is 0 Å². The summed E-state index contributed by atoms with van der Waals surface area (Å²) in [5.41, 5.74) is 3.84. The third-order valence-corrected chi connectivity index (χ3v) is 2.99. The first kappa shape index (κ1) is 12.4. The minimum absolute atomic E-state index is 0.280. The lowest BCUT2D eigenvalue weighted by atomic mass is 10.0. The van der Waals surface area contributed by atoms with Gasteiger partial charge in [0.2, 0.25) is 0 Å². The Morgan fingerprint density at radius 1 is 1.06 bits per heavy atom. The maximum absolute atomic E-state index is 3.81. The zero-order chi connectivity index (χ0) is 12.8. The van der Waals surface area contributed by atoms with E-state index in [0.717, 1.165) is 6.42 Å². The van der Waals surface area contributed by atoms with E-state index in [9.17, 15) is 0 Å². The molecule has 0 saturated heterocycles. The molecule has 2 aromatic rings. The van der Waals surface area contributed by atoms with Crippen molar-refractivity contribution in [1.82, 2.24) is 0 Å². The lowest BCUT2D eigenvalue weighted by Gasteiger charge is -2.15. The Labute approximate surface area is 109 Å². The number of para-hydroxylation sites is 1. The highest BCUT2D eigenvalue weighted by Gasteiger charge is 2.04. The molecule has 2 aromatic carbocycles. The predicted molar refractivity (Wildman–Crippen MR) is 79.0 cm³/mol. The van der Waals surface area contributed by atoms with E-state index in [0.29, 0.717) is 0 Å². The van der Waals surface area contributed by atoms with Crippen LogP contribution in [0.5, 0.6) is 0 Å². The molecule has 92 valence electrons. The van der Waals surface area contributed by atoms with Crippen molar-refractivity contribution in [3.8, 4) is 0 Å². The number of rotatable bonds is 5. The first-order chi connectivity index (χ1) is 8.79. The lowest BCUT2D eigenvalue weighted by Crippen LogP contribution is -2.12. The van der Waals surface area contributed by atoms with Crippen LogP contribution in [0.2, 0.25) is 0 Å². The molecule has 1 unspecified atom stereocenters. The van der Waals surface area contributed by atoms with Gasteiger partial charge in [-0.1, -0.05) is 54.6 Å². The monoisotopic (exact) mass is 237 g/mol. The zero-order valence-electron chi connectivity index (χ0n) is 10.8. The predicted octanol–water partition coefficient (Wildman–Crippen LogP) is 4.26. The Kier molecular flexibility index (Phi) is 4.19. The zero-order valence-corrected chi connectivity index (χ0v) is 10.8. The molecule has 0 aliphatic carbocycles. The largest absolute Gasteiger partial charge is 0.379 e. The molecule has 0 bridgehead atoms. The summed E-state index contributed by atoms with van der Waals surface area (Å²) in [6.45, 7) is 5.91. The smallest absolute Gasteiger partial charge is 0.0413 e. The number of hydrogen-bond acceptors (Lipinski definition) is 1. The van der Waals surface area contributed by atoms with Crippen LogP contribution >= 0.6 is 0 Å². The number of hydrogen-bond donors (Lipinski definition) is 1. The Balaban J connectivity index is 2.20. The van der Waals surface area contributed by atoms with Gasteiger partial charge < -0.3 is 5.32 Å². The molecule has 0 radical (unpaired) electrons. The molecule has 1 atom stereocenters. The second-order valence-electron chi connectivity index (χ2n) is 4.49. The summed E-state index contributed by atoms with van der Waals surface area (Å²) in [6, 6.07) is 19.3. The molecular formula is C17H19N. The second kappa shape index (κ2) is 6.06. The highest BCUT2D eigenvalue weighted by molar-refractivity contribution is 5.53. The van der Waals surface area contributed by atoms with Crippen molar-refractivity contribution in [3.05, 3.63) is 78.4 Å². The molecule has 0 heterocycles. The van der Waals surface area contributed by atoms with Crippen molar-refractivity contribution >= 4 is 5.69 Å². The molecule has 0 aliphatic rings. The normalized spacial score (nSPS) is 11.8. The fourth-order valence-electron chi connectivity index (χ4n) is 1.94. The molecular weight excluding hydrogens is 218 g/mol. The molecule has 1 nitrogen and oxygen atoms in total. The molecule has 0 amide bonds. The molecule has 2 rings (SSSR count). The van der Waals surface area contributed by atoms with Crippen LogP contribution in [-0.4, -0.2) is 6.04 Å². The van der Waals surface area contributed by atoms with Crippen molar-refractivity contribution in [1.29, 1.82) is 0 Å². The molecule has 0 aliphatic heterocycles. The van der Waals surface area contributed by atoms with Crippen LogP contribution < -0.4 is 5.32 Å². The summed E-state index contributed by atoms with van der Waals surface area (Å²) in [6.07, 6.45) is 2.87. The molecule has 0 fully saturated rings. The first-order valence-corrected chi connectivity index (χ1v) is 6.30. The van der Waals surface area contributed by atoms with Gasteiger partial charge in [-0.2, -0.15) is 0 Å². The van der Waals surface area contributed by atoms with E-state index in [-0.39, 0.29) is 6.04 Å². The third kappa shape index (κ3) is 3.24. The molecule has 0 spiro atoms. The Morgan fingerprint density at radius 3 is 2.44 bits per heavy atom. The van der Waals surface area contributed by atoms with Crippen LogP contribution in [0.15, 0.2) is 67.3 Å². The molecule has 1 N–H and O–H groups in total. The van der Waals surface area contributed by atoms with Gasteiger partial charge in [0.25, 0.3) is 0 Å². The Hall–Kier alpha value is -2.02. The first-order valence-electron chi connectivity index (χ1n) is 6.30. The minimum atomic E-state index is 0.280. The quantitative estimate of drug-likeness (QED) is 0.766. The van der Waals surface area contributed by atoms with Crippen molar-refractivity contribution < 1.29 is 0 Å². The summed E-state index contributed by atoms with van der Waals surface area (Å²) in [7, 11) is 0. The van der Waals surface area contributed by atoms with Crippen LogP contribution in [0.3, 0.4) is 0 Å². The van der Waals surface area contributed by atoms with E-state index in [4.69, 9.17) is 0 Å². The summed E-state index contributed by atoms with van der Waals surface area (Å²) in [5.74, 6) is 0. The van der Waals surface area contributed by atoms with E-state index in [1.165, 1.54) is 16.8 Å². The third-order valence-electron chi connectivity index (χ3n) is 2.99. The topological polar surface area (TPSA) is 12.0 Å². The van der Waals surface area contributed by atoms with Crippen LogP contribution in [0.4, 0.5) is 5.69 Å². The average molecular weight is 237 g/mol. The van der Waals surface area contributed by atoms with Crippen molar-refractivity contribution in [2.75, 3.05) is 5.32 Å². The number of nitrogens with one attached hydrogen (secondary N) is 1. The standard InChI is InChI=1S/C17H19N/c1-3-14(2)18-17-12-8-7-11-16(17)13-15-9-5-4-6-10-15/h3-12,14,18H,1,13H2,2H3. The average Bonchev–Trinajstić information content (AvgIpc) is 2.42. The van der Waals surface area contributed by atoms with Gasteiger partial charge in [-0.3, -0.25) is 0 Å². The van der Waals surface area contributed by atoms with Crippen molar-refractivity contribution in [2.24, 2.45) is 0 Å². The van der Waals surface area contributed by atoms with Crippen LogP contribution in [0.1, 0.15) is 18.1 Å². The number of anilines is 1. The fourth-order valence-corrected chi connectivity index (χ4v) is 1.94. The van der Waals surface area contributed by atoms with E-state index >= 15 is 0 Å². The maximum Gasteiger partial charge on any atom is 0.0413 e. The maximum atomic E-state index is 3.81. The Morgan fingerprint density at radius 2 is 1.72 bits per heavy atom. The minimum Gasteiger partial charge on any atom is -0.379 e. The van der Waals surface area contributed by atoms with Gasteiger partial charge in [0.15, 0.2) is 0 Å². The van der Waals surface area contributed by atoms with Gasteiger partial charge in [0, 0.05) is 11.7 Å². The summed E-state index contributed by atoms with van der Waals surface area (Å²) in [5, 5.41) is 3.46. The van der Waals surface area contributed by atoms with E-state index in [2.05, 4.69) is 67.4 Å². The van der Waals surface area contributed by atoms with Crippen LogP contribution in [0.25, 0.3) is 0 Å². The van der Waals surface area contributed by atoms with Gasteiger partial charge in [-0.05, 0) is 30.5 Å². The van der Waals surface area contributed by atoms with E-state index in [1.807, 2.05) is 12.1 Å². The lowest BCUT2D eigenvalue weighted by molar-refractivity contribution is 0.992. The summed E-state index contributed by atoms with van der Waals surface area (Å²) >= 11 is 0. The molecule has 0 aromatic heterocycles. The van der Waals surface area contributed by atoms with Crippen LogP contribution in [-0.2, 0) is 6.42 Å². The van der Waals surface area contributed by atoms with E-state index < -0.39 is 0 Å². The second-order valence-corrected chi connectivity index (χ2v) is 4.49. The SMILES string of the molecule is C=CC(C)Nc1ccccc1Cc1ccccc1. The van der Waals surface area contributed by atoms with Gasteiger partial charge >= 0.3 is 0 Å². The Bertz CT molecular complexity index is 502. The molecule has 1 heteroatoms. The van der Waals surface area contributed by atoms with Gasteiger partial charge in [0.05, 0.1) is 0 Å². The number of benzene rings is 2. The van der Waals surface area contributed by atoms with Gasteiger partial charge in [-0.25, -0.2) is 0 Å².